The molecule has 11 heavy (non-hydrogen) atoms. The summed E-state index contributed by atoms with van der Waals surface area (Å²) in [4.78, 5) is 4.40. The van der Waals surface area contributed by atoms with Gasteiger partial charge in [-0.2, -0.15) is 0 Å². The fourth-order valence-corrected chi connectivity index (χ4v) is 0.623. The Bertz CT molecular complexity index is 243. The standard InChI is InChI=1S/C8H7FNO/c1-11-10-6-7-2-4-8(9)5-3-7/h2-5H,1H3. The lowest BCUT2D eigenvalue weighted by Crippen LogP contribution is -1.81. The Morgan fingerprint density at radius 1 is 1.36 bits per heavy atom. The van der Waals surface area contributed by atoms with Crippen LogP contribution in [-0.4, -0.2) is 13.3 Å². The van der Waals surface area contributed by atoms with Crippen LogP contribution in [0.15, 0.2) is 29.4 Å². The van der Waals surface area contributed by atoms with Crippen LogP contribution in [0.5, 0.6) is 0 Å². The normalized spacial score (nSPS) is 10.4. The Morgan fingerprint density at radius 3 is 2.55 bits per heavy atom. The molecule has 0 spiro atoms. The minimum absolute atomic E-state index is 0.270. The maximum atomic E-state index is 12.3. The molecule has 1 aromatic carbocycles. The Morgan fingerprint density at radius 2 is 2.00 bits per heavy atom. The van der Waals surface area contributed by atoms with Gasteiger partial charge in [0, 0.05) is 5.56 Å². The van der Waals surface area contributed by atoms with Gasteiger partial charge in [0.2, 0.25) is 0 Å². The van der Waals surface area contributed by atoms with Gasteiger partial charge in [0.1, 0.15) is 19.1 Å². The smallest absolute Gasteiger partial charge is 0.139 e. The van der Waals surface area contributed by atoms with Crippen LogP contribution >= 0.6 is 0 Å². The van der Waals surface area contributed by atoms with E-state index in [4.69, 9.17) is 0 Å². The van der Waals surface area contributed by atoms with Crippen LogP contribution < -0.4 is 0 Å². The van der Waals surface area contributed by atoms with Gasteiger partial charge in [-0.25, -0.2) is 4.39 Å². The summed E-state index contributed by atoms with van der Waals surface area (Å²) in [6, 6.07) is 5.82. The summed E-state index contributed by atoms with van der Waals surface area (Å²) in [5, 5.41) is 3.40. The zero-order chi connectivity index (χ0) is 8.10. The fraction of sp³-hybridized carbons (Fsp3) is 0.125. The van der Waals surface area contributed by atoms with E-state index < -0.39 is 0 Å². The van der Waals surface area contributed by atoms with E-state index in [1.54, 1.807) is 12.1 Å². The van der Waals surface area contributed by atoms with Gasteiger partial charge in [-0.3, -0.25) is 0 Å². The van der Waals surface area contributed by atoms with Crippen LogP contribution in [0.2, 0.25) is 0 Å². The van der Waals surface area contributed by atoms with Gasteiger partial charge in [-0.1, -0.05) is 5.16 Å². The first-order chi connectivity index (χ1) is 5.33. The van der Waals surface area contributed by atoms with Gasteiger partial charge < -0.3 is 4.84 Å². The summed E-state index contributed by atoms with van der Waals surface area (Å²) in [6.07, 6.45) is 2.56. The van der Waals surface area contributed by atoms with Gasteiger partial charge in [-0.05, 0) is 24.3 Å². The number of hydrogen-bond acceptors (Lipinski definition) is 2. The average molecular weight is 152 g/mol. The summed E-state index contributed by atoms with van der Waals surface area (Å²) in [6.45, 7) is 0. The molecule has 0 aliphatic carbocycles. The second kappa shape index (κ2) is 3.71. The molecule has 0 saturated heterocycles. The molecule has 0 amide bonds. The minimum Gasteiger partial charge on any atom is -0.399 e. The topological polar surface area (TPSA) is 21.6 Å². The summed E-state index contributed by atoms with van der Waals surface area (Å²) < 4.78 is 12.3. The Balaban J connectivity index is 2.73. The van der Waals surface area contributed by atoms with Crippen molar-refractivity contribution in [2.45, 2.75) is 0 Å². The highest BCUT2D eigenvalue weighted by atomic mass is 19.1. The summed E-state index contributed by atoms with van der Waals surface area (Å²) in [7, 11) is 1.43. The molecule has 0 atom stereocenters. The van der Waals surface area contributed by atoms with E-state index in [9.17, 15) is 4.39 Å². The molecule has 3 heteroatoms. The van der Waals surface area contributed by atoms with Crippen LogP contribution in [0.25, 0.3) is 0 Å². The number of nitrogens with zero attached hydrogens (tertiary/aromatic N) is 1. The SMILES string of the molecule is CO/N=[C]\c1ccc(F)cc1. The van der Waals surface area contributed by atoms with Gasteiger partial charge in [0.05, 0.1) is 0 Å². The summed E-state index contributed by atoms with van der Waals surface area (Å²) >= 11 is 0. The molecule has 0 unspecified atom stereocenters. The summed E-state index contributed by atoms with van der Waals surface area (Å²) in [5.41, 5.74) is 0.688. The van der Waals surface area contributed by atoms with E-state index in [2.05, 4.69) is 16.2 Å². The monoisotopic (exact) mass is 152 g/mol. The lowest BCUT2D eigenvalue weighted by atomic mass is 10.2. The molecular formula is C8H7FNO. The van der Waals surface area contributed by atoms with E-state index in [1.807, 2.05) is 0 Å². The highest BCUT2D eigenvalue weighted by Gasteiger charge is 1.89. The highest BCUT2D eigenvalue weighted by Crippen LogP contribution is 1.99. The van der Waals surface area contributed by atoms with Crippen LogP contribution in [-0.2, 0) is 4.84 Å². The number of halogens is 1. The lowest BCUT2D eigenvalue weighted by Gasteiger charge is -1.89. The van der Waals surface area contributed by atoms with Crippen molar-refractivity contribution in [2.24, 2.45) is 5.16 Å². The van der Waals surface area contributed by atoms with Crippen molar-refractivity contribution in [3.8, 4) is 0 Å². The maximum Gasteiger partial charge on any atom is 0.139 e. The molecular weight excluding hydrogens is 145 g/mol. The van der Waals surface area contributed by atoms with Crippen LogP contribution in [0.4, 0.5) is 4.39 Å². The molecule has 1 rings (SSSR count). The zero-order valence-corrected chi connectivity index (χ0v) is 6.04. The fourth-order valence-electron chi connectivity index (χ4n) is 0.623. The molecule has 0 fully saturated rings. The molecule has 1 aromatic rings. The molecule has 57 valence electrons. The van der Waals surface area contributed by atoms with Gasteiger partial charge in [0.15, 0.2) is 0 Å². The Kier molecular flexibility index (Phi) is 2.60. The third-order valence-corrected chi connectivity index (χ3v) is 1.11. The lowest BCUT2D eigenvalue weighted by molar-refractivity contribution is 0.215. The number of benzene rings is 1. The average Bonchev–Trinajstić information content (AvgIpc) is 2.04. The molecule has 0 N–H and O–H groups in total. The molecule has 0 aliphatic rings. The summed E-state index contributed by atoms with van der Waals surface area (Å²) in [5.74, 6) is -0.270. The third-order valence-electron chi connectivity index (χ3n) is 1.11. The first-order valence-electron chi connectivity index (χ1n) is 3.07. The minimum atomic E-state index is -0.270. The number of rotatable bonds is 2. The first kappa shape index (κ1) is 7.72. The Labute approximate surface area is 64.3 Å². The quantitative estimate of drug-likeness (QED) is 0.466. The zero-order valence-electron chi connectivity index (χ0n) is 6.04. The van der Waals surface area contributed by atoms with Gasteiger partial charge in [0.25, 0.3) is 0 Å². The molecule has 0 aromatic heterocycles. The van der Waals surface area contributed by atoms with Gasteiger partial charge >= 0.3 is 0 Å². The first-order valence-corrected chi connectivity index (χ1v) is 3.07. The van der Waals surface area contributed by atoms with E-state index in [0.717, 1.165) is 0 Å². The van der Waals surface area contributed by atoms with Crippen molar-refractivity contribution >= 4 is 6.21 Å². The largest absolute Gasteiger partial charge is 0.399 e. The van der Waals surface area contributed by atoms with Crippen molar-refractivity contribution in [3.05, 3.63) is 35.6 Å². The van der Waals surface area contributed by atoms with Crippen LogP contribution in [0.1, 0.15) is 5.56 Å². The third kappa shape index (κ3) is 2.37. The molecule has 0 bridgehead atoms. The second-order valence-corrected chi connectivity index (χ2v) is 1.89. The van der Waals surface area contributed by atoms with Crippen molar-refractivity contribution in [3.63, 3.8) is 0 Å². The molecule has 0 aliphatic heterocycles. The van der Waals surface area contributed by atoms with E-state index in [0.29, 0.717) is 5.56 Å². The van der Waals surface area contributed by atoms with Gasteiger partial charge in [-0.15, -0.1) is 0 Å². The molecule has 0 heterocycles. The predicted octanol–water partition coefficient (Wildman–Crippen LogP) is 1.68. The van der Waals surface area contributed by atoms with Crippen LogP contribution in [0.3, 0.4) is 0 Å². The van der Waals surface area contributed by atoms with Crippen molar-refractivity contribution in [2.75, 3.05) is 7.11 Å². The maximum absolute atomic E-state index is 12.3. The molecule has 0 saturated carbocycles. The van der Waals surface area contributed by atoms with Crippen molar-refractivity contribution in [1.82, 2.24) is 0 Å². The van der Waals surface area contributed by atoms with E-state index in [-0.39, 0.29) is 5.82 Å². The Hall–Kier alpha value is -1.38. The second-order valence-electron chi connectivity index (χ2n) is 1.89. The predicted molar refractivity (Wildman–Crippen MR) is 39.9 cm³/mol. The number of hydrogen-bond donors (Lipinski definition) is 0. The van der Waals surface area contributed by atoms with Crippen molar-refractivity contribution in [1.29, 1.82) is 0 Å². The molecule has 2 nitrogen and oxygen atoms in total. The van der Waals surface area contributed by atoms with Crippen LogP contribution in [0, 0.1) is 5.82 Å². The van der Waals surface area contributed by atoms with Crippen molar-refractivity contribution < 1.29 is 9.23 Å². The van der Waals surface area contributed by atoms with E-state index >= 15 is 0 Å². The van der Waals surface area contributed by atoms with E-state index in [1.165, 1.54) is 19.2 Å². The molecule has 1 radical (unpaired) electrons. The highest BCUT2D eigenvalue weighted by molar-refractivity contribution is 5.78.